The minimum atomic E-state index is 0.586. The Bertz CT molecular complexity index is 482. The summed E-state index contributed by atoms with van der Waals surface area (Å²) in [5.41, 5.74) is 2.41. The van der Waals surface area contributed by atoms with Gasteiger partial charge in [0.1, 0.15) is 10.5 Å². The minimum absolute atomic E-state index is 0.586. The lowest BCUT2D eigenvalue weighted by Gasteiger charge is -2.30. The zero-order valence-electron chi connectivity index (χ0n) is 12.6. The third-order valence-corrected chi connectivity index (χ3v) is 5.13. The van der Waals surface area contributed by atoms with Gasteiger partial charge in [-0.2, -0.15) is 0 Å². The second kappa shape index (κ2) is 6.17. The van der Waals surface area contributed by atoms with Crippen molar-refractivity contribution in [3.05, 3.63) is 21.7 Å². The van der Waals surface area contributed by atoms with Crippen molar-refractivity contribution in [1.29, 1.82) is 0 Å². The Morgan fingerprint density at radius 3 is 2.42 bits per heavy atom. The van der Waals surface area contributed by atoms with Crippen molar-refractivity contribution < 1.29 is 0 Å². The molecule has 2 rings (SSSR count). The van der Waals surface area contributed by atoms with Crippen LogP contribution in [0.5, 0.6) is 0 Å². The summed E-state index contributed by atoms with van der Waals surface area (Å²) in [5.74, 6) is 3.43. The smallest absolute Gasteiger partial charge is 0.132 e. The highest BCUT2D eigenvalue weighted by molar-refractivity contribution is 7.71. The second-order valence-electron chi connectivity index (χ2n) is 6.24. The molecule has 1 fully saturated rings. The molecule has 0 aromatic carbocycles. The highest BCUT2D eigenvalue weighted by Gasteiger charge is 2.25. The average Bonchev–Trinajstić information content (AvgIpc) is 2.41. The lowest BCUT2D eigenvalue weighted by Crippen LogP contribution is -2.19. The maximum atomic E-state index is 5.40. The van der Waals surface area contributed by atoms with Crippen LogP contribution in [0, 0.1) is 23.4 Å². The molecule has 0 bridgehead atoms. The van der Waals surface area contributed by atoms with Crippen molar-refractivity contribution in [3.8, 4) is 0 Å². The molecule has 106 valence electrons. The van der Waals surface area contributed by atoms with E-state index in [-0.39, 0.29) is 0 Å². The Morgan fingerprint density at radius 1 is 1.26 bits per heavy atom. The van der Waals surface area contributed by atoms with E-state index in [4.69, 9.17) is 12.2 Å². The molecule has 1 aliphatic carbocycles. The predicted octanol–water partition coefficient (Wildman–Crippen LogP) is 4.94. The molecule has 0 aliphatic heterocycles. The summed E-state index contributed by atoms with van der Waals surface area (Å²) in [6.07, 6.45) is 6.19. The summed E-state index contributed by atoms with van der Waals surface area (Å²) in [5, 5.41) is 0. The van der Waals surface area contributed by atoms with Gasteiger partial charge in [-0.25, -0.2) is 4.98 Å². The Kier molecular flexibility index (Phi) is 4.77. The van der Waals surface area contributed by atoms with E-state index < -0.39 is 0 Å². The zero-order valence-corrected chi connectivity index (χ0v) is 13.4. The number of aromatic amines is 1. The largest absolute Gasteiger partial charge is 0.347 e. The van der Waals surface area contributed by atoms with Crippen LogP contribution in [0.4, 0.5) is 0 Å². The number of aromatic nitrogens is 2. The van der Waals surface area contributed by atoms with Gasteiger partial charge in [-0.15, -0.1) is 0 Å². The summed E-state index contributed by atoms with van der Waals surface area (Å²) in [6.45, 7) is 8.94. The molecule has 1 aromatic rings. The Balaban J connectivity index is 2.16. The first-order chi connectivity index (χ1) is 9.02. The van der Waals surface area contributed by atoms with Crippen LogP contribution in [0.2, 0.25) is 0 Å². The Hall–Kier alpha value is -0.700. The first-order valence-corrected chi connectivity index (χ1v) is 8.03. The molecule has 1 aromatic heterocycles. The summed E-state index contributed by atoms with van der Waals surface area (Å²) in [4.78, 5) is 8.17. The topological polar surface area (TPSA) is 28.7 Å². The van der Waals surface area contributed by atoms with Crippen LogP contribution in [0.25, 0.3) is 0 Å². The number of hydrogen-bond donors (Lipinski definition) is 1. The van der Waals surface area contributed by atoms with Gasteiger partial charge in [0.25, 0.3) is 0 Å². The van der Waals surface area contributed by atoms with Crippen molar-refractivity contribution in [2.75, 3.05) is 0 Å². The molecule has 0 saturated heterocycles. The normalized spacial score (nSPS) is 23.8. The van der Waals surface area contributed by atoms with E-state index in [1.807, 2.05) is 0 Å². The van der Waals surface area contributed by atoms with Gasteiger partial charge in [-0.1, -0.05) is 33.0 Å². The summed E-state index contributed by atoms with van der Waals surface area (Å²) >= 11 is 5.40. The second-order valence-corrected chi connectivity index (χ2v) is 6.63. The van der Waals surface area contributed by atoms with E-state index in [1.165, 1.54) is 31.4 Å². The van der Waals surface area contributed by atoms with Gasteiger partial charge in [0, 0.05) is 17.2 Å². The first-order valence-electron chi connectivity index (χ1n) is 7.62. The van der Waals surface area contributed by atoms with Crippen LogP contribution in [0.1, 0.15) is 69.5 Å². The highest BCUT2D eigenvalue weighted by Crippen LogP contribution is 2.37. The standard InChI is InChI=1S/C16H26N2S/c1-5-14-11(4)16(19)18-15(17-14)13-8-6-12(7-9-13)10(2)3/h10,12-13H,5-9H2,1-4H3,(H,17,18,19). The van der Waals surface area contributed by atoms with Gasteiger partial charge in [0.15, 0.2) is 0 Å². The van der Waals surface area contributed by atoms with E-state index in [1.54, 1.807) is 0 Å². The van der Waals surface area contributed by atoms with Gasteiger partial charge >= 0.3 is 0 Å². The van der Waals surface area contributed by atoms with E-state index in [0.29, 0.717) is 5.92 Å². The number of nitrogens with zero attached hydrogens (tertiary/aromatic N) is 1. The summed E-state index contributed by atoms with van der Waals surface area (Å²) in [7, 11) is 0. The van der Waals surface area contributed by atoms with Crippen LogP contribution in [-0.2, 0) is 6.42 Å². The third-order valence-electron chi connectivity index (χ3n) is 4.73. The monoisotopic (exact) mass is 278 g/mol. The van der Waals surface area contributed by atoms with Crippen LogP contribution >= 0.6 is 12.2 Å². The molecule has 3 heteroatoms. The quantitative estimate of drug-likeness (QED) is 0.793. The van der Waals surface area contributed by atoms with Crippen molar-refractivity contribution in [2.24, 2.45) is 11.8 Å². The number of hydrogen-bond acceptors (Lipinski definition) is 2. The summed E-state index contributed by atoms with van der Waals surface area (Å²) in [6, 6.07) is 0. The molecule has 1 saturated carbocycles. The molecule has 0 spiro atoms. The molecule has 0 radical (unpaired) electrons. The van der Waals surface area contributed by atoms with Crippen LogP contribution in [-0.4, -0.2) is 9.97 Å². The van der Waals surface area contributed by atoms with E-state index in [9.17, 15) is 0 Å². The van der Waals surface area contributed by atoms with Gasteiger partial charge in [-0.05, 0) is 50.9 Å². The van der Waals surface area contributed by atoms with Gasteiger partial charge < -0.3 is 4.98 Å². The first kappa shape index (κ1) is 14.7. The van der Waals surface area contributed by atoms with Crippen molar-refractivity contribution in [3.63, 3.8) is 0 Å². The Morgan fingerprint density at radius 2 is 1.89 bits per heavy atom. The maximum Gasteiger partial charge on any atom is 0.132 e. The van der Waals surface area contributed by atoms with E-state index in [0.717, 1.165) is 34.3 Å². The van der Waals surface area contributed by atoms with E-state index in [2.05, 4.69) is 37.7 Å². The Labute approximate surface area is 122 Å². The SMILES string of the molecule is CCc1[nH]c(C2CCC(C(C)C)CC2)nc(=S)c1C. The predicted molar refractivity (Wildman–Crippen MR) is 83.1 cm³/mol. The van der Waals surface area contributed by atoms with Crippen molar-refractivity contribution >= 4 is 12.2 Å². The molecule has 1 heterocycles. The fourth-order valence-corrected chi connectivity index (χ4v) is 3.43. The fourth-order valence-electron chi connectivity index (χ4n) is 3.20. The molecular weight excluding hydrogens is 252 g/mol. The highest BCUT2D eigenvalue weighted by atomic mass is 32.1. The molecule has 1 N–H and O–H groups in total. The van der Waals surface area contributed by atoms with Gasteiger partial charge in [0.05, 0.1) is 0 Å². The molecule has 0 unspecified atom stereocenters. The summed E-state index contributed by atoms with van der Waals surface area (Å²) < 4.78 is 0.789. The molecular formula is C16H26N2S. The number of rotatable bonds is 3. The zero-order chi connectivity index (χ0) is 14.0. The average molecular weight is 278 g/mol. The van der Waals surface area contributed by atoms with Crippen LogP contribution in [0.3, 0.4) is 0 Å². The molecule has 0 amide bonds. The molecule has 2 nitrogen and oxygen atoms in total. The van der Waals surface area contributed by atoms with E-state index >= 15 is 0 Å². The fraction of sp³-hybridized carbons (Fsp3) is 0.750. The van der Waals surface area contributed by atoms with Gasteiger partial charge in [-0.3, -0.25) is 0 Å². The number of aryl methyl sites for hydroxylation is 1. The van der Waals surface area contributed by atoms with Crippen molar-refractivity contribution in [1.82, 2.24) is 9.97 Å². The maximum absolute atomic E-state index is 5.40. The molecule has 1 aliphatic rings. The lowest BCUT2D eigenvalue weighted by molar-refractivity contribution is 0.254. The number of H-pyrrole nitrogens is 1. The van der Waals surface area contributed by atoms with Crippen molar-refractivity contribution in [2.45, 2.75) is 65.7 Å². The third kappa shape index (κ3) is 3.25. The minimum Gasteiger partial charge on any atom is -0.347 e. The lowest BCUT2D eigenvalue weighted by atomic mass is 9.76. The van der Waals surface area contributed by atoms with Gasteiger partial charge in [0.2, 0.25) is 0 Å². The van der Waals surface area contributed by atoms with Crippen LogP contribution in [0.15, 0.2) is 0 Å². The molecule has 19 heavy (non-hydrogen) atoms. The molecule has 0 atom stereocenters. The van der Waals surface area contributed by atoms with Crippen LogP contribution < -0.4 is 0 Å². The number of nitrogens with one attached hydrogen (secondary N) is 1.